The average Bonchev–Trinajstić information content (AvgIpc) is 2.85. The number of benzene rings is 1. The normalized spacial score (nSPS) is 13.1. The standard InChI is InChI=1S/C15H11Cl2N3/c16-8-4-5-9(12(17)6-8)14-10-2-1-3-13(10)20-15(19)11(14)7-18/h4-6H,1-3H2,(H2,19,20). The molecule has 0 spiro atoms. The Hall–Kier alpha value is -1.76. The smallest absolute Gasteiger partial charge is 0.142 e. The molecule has 1 aromatic carbocycles. The fourth-order valence-electron chi connectivity index (χ4n) is 2.70. The fraction of sp³-hybridized carbons (Fsp3) is 0.200. The van der Waals surface area contributed by atoms with E-state index in [9.17, 15) is 5.26 Å². The van der Waals surface area contributed by atoms with E-state index >= 15 is 0 Å². The maximum absolute atomic E-state index is 9.40. The van der Waals surface area contributed by atoms with Crippen molar-refractivity contribution >= 4 is 29.0 Å². The monoisotopic (exact) mass is 303 g/mol. The third-order valence-corrected chi connectivity index (χ3v) is 4.11. The van der Waals surface area contributed by atoms with Gasteiger partial charge in [-0.15, -0.1) is 0 Å². The third kappa shape index (κ3) is 2.02. The number of hydrogen-bond donors (Lipinski definition) is 1. The SMILES string of the molecule is N#Cc1c(N)nc2c(c1-c1ccc(Cl)cc1Cl)CCC2. The molecule has 3 rings (SSSR count). The average molecular weight is 304 g/mol. The van der Waals surface area contributed by atoms with Gasteiger partial charge in [-0.3, -0.25) is 0 Å². The van der Waals surface area contributed by atoms with Gasteiger partial charge in [0.25, 0.3) is 0 Å². The Bertz CT molecular complexity index is 747. The molecular formula is C15H11Cl2N3. The van der Waals surface area contributed by atoms with E-state index in [4.69, 9.17) is 28.9 Å². The first-order chi connectivity index (χ1) is 9.61. The lowest BCUT2D eigenvalue weighted by molar-refractivity contribution is 0.900. The molecule has 0 bridgehead atoms. The molecule has 1 heterocycles. The van der Waals surface area contributed by atoms with Gasteiger partial charge in [-0.05, 0) is 37.0 Å². The van der Waals surface area contributed by atoms with Crippen LogP contribution in [0.25, 0.3) is 11.1 Å². The molecular weight excluding hydrogens is 293 g/mol. The number of nitriles is 1. The zero-order valence-electron chi connectivity index (χ0n) is 10.6. The predicted octanol–water partition coefficient (Wildman–Crippen LogP) is 4.00. The van der Waals surface area contributed by atoms with Crippen LogP contribution < -0.4 is 5.73 Å². The van der Waals surface area contributed by atoms with Crippen LogP contribution in [0, 0.1) is 11.3 Å². The summed E-state index contributed by atoms with van der Waals surface area (Å²) >= 11 is 12.2. The molecule has 0 saturated heterocycles. The molecule has 0 saturated carbocycles. The molecule has 2 aromatic rings. The summed E-state index contributed by atoms with van der Waals surface area (Å²) in [6.45, 7) is 0. The Morgan fingerprint density at radius 1 is 1.25 bits per heavy atom. The number of halogens is 2. The third-order valence-electron chi connectivity index (χ3n) is 3.56. The Morgan fingerprint density at radius 3 is 2.75 bits per heavy atom. The van der Waals surface area contributed by atoms with E-state index < -0.39 is 0 Å². The highest BCUT2D eigenvalue weighted by molar-refractivity contribution is 6.36. The first kappa shape index (κ1) is 13.2. The highest BCUT2D eigenvalue weighted by atomic mass is 35.5. The molecule has 2 N–H and O–H groups in total. The second-order valence-corrected chi connectivity index (χ2v) is 5.61. The summed E-state index contributed by atoms with van der Waals surface area (Å²) in [5.41, 5.74) is 9.98. The van der Waals surface area contributed by atoms with Crippen LogP contribution >= 0.6 is 23.2 Å². The van der Waals surface area contributed by atoms with E-state index in [0.29, 0.717) is 15.6 Å². The minimum atomic E-state index is 0.272. The molecule has 0 fully saturated rings. The van der Waals surface area contributed by atoms with Crippen molar-refractivity contribution in [1.82, 2.24) is 4.98 Å². The molecule has 0 amide bonds. The van der Waals surface area contributed by atoms with Crippen LogP contribution in [-0.2, 0) is 12.8 Å². The molecule has 20 heavy (non-hydrogen) atoms. The van der Waals surface area contributed by atoms with E-state index in [1.165, 1.54) is 0 Å². The lowest BCUT2D eigenvalue weighted by Crippen LogP contribution is -2.03. The van der Waals surface area contributed by atoms with Crippen LogP contribution in [0.4, 0.5) is 5.82 Å². The quantitative estimate of drug-likeness (QED) is 0.866. The van der Waals surface area contributed by atoms with Gasteiger partial charge in [0.05, 0.1) is 0 Å². The second-order valence-electron chi connectivity index (χ2n) is 4.76. The number of fused-ring (bicyclic) bond motifs is 1. The van der Waals surface area contributed by atoms with Crippen molar-refractivity contribution in [2.24, 2.45) is 0 Å². The maximum atomic E-state index is 9.40. The lowest BCUT2D eigenvalue weighted by atomic mass is 9.94. The van der Waals surface area contributed by atoms with Crippen molar-refractivity contribution in [2.75, 3.05) is 5.73 Å². The number of aromatic nitrogens is 1. The van der Waals surface area contributed by atoms with E-state index in [2.05, 4.69) is 11.1 Å². The van der Waals surface area contributed by atoms with Gasteiger partial charge < -0.3 is 5.73 Å². The van der Waals surface area contributed by atoms with Crippen molar-refractivity contribution < 1.29 is 0 Å². The highest BCUT2D eigenvalue weighted by Crippen LogP contribution is 2.40. The zero-order valence-corrected chi connectivity index (χ0v) is 12.1. The van der Waals surface area contributed by atoms with Crippen LogP contribution in [0.15, 0.2) is 18.2 Å². The zero-order chi connectivity index (χ0) is 14.3. The Balaban J connectivity index is 2.35. The molecule has 5 heteroatoms. The largest absolute Gasteiger partial charge is 0.383 e. The fourth-order valence-corrected chi connectivity index (χ4v) is 3.21. The summed E-state index contributed by atoms with van der Waals surface area (Å²) in [5, 5.41) is 10.5. The molecule has 1 aromatic heterocycles. The van der Waals surface area contributed by atoms with E-state index in [-0.39, 0.29) is 5.82 Å². The number of nitrogen functional groups attached to an aromatic ring is 1. The highest BCUT2D eigenvalue weighted by Gasteiger charge is 2.24. The number of pyridine rings is 1. The molecule has 0 atom stereocenters. The van der Waals surface area contributed by atoms with Gasteiger partial charge in [0, 0.05) is 26.9 Å². The minimum absolute atomic E-state index is 0.272. The first-order valence-electron chi connectivity index (χ1n) is 6.28. The molecule has 1 aliphatic carbocycles. The summed E-state index contributed by atoms with van der Waals surface area (Å²) in [4.78, 5) is 4.34. The summed E-state index contributed by atoms with van der Waals surface area (Å²) in [6, 6.07) is 7.43. The molecule has 100 valence electrons. The van der Waals surface area contributed by atoms with Crippen LogP contribution in [-0.4, -0.2) is 4.98 Å². The van der Waals surface area contributed by atoms with Gasteiger partial charge in [-0.2, -0.15) is 5.26 Å². The Morgan fingerprint density at radius 2 is 2.05 bits per heavy atom. The van der Waals surface area contributed by atoms with Gasteiger partial charge in [-0.1, -0.05) is 29.3 Å². The number of hydrogen-bond acceptors (Lipinski definition) is 3. The van der Waals surface area contributed by atoms with Gasteiger partial charge in [0.1, 0.15) is 17.5 Å². The molecule has 0 aliphatic heterocycles. The lowest BCUT2D eigenvalue weighted by Gasteiger charge is -2.14. The second kappa shape index (κ2) is 4.97. The van der Waals surface area contributed by atoms with Crippen molar-refractivity contribution in [1.29, 1.82) is 5.26 Å². The van der Waals surface area contributed by atoms with Gasteiger partial charge >= 0.3 is 0 Å². The number of anilines is 1. The number of nitrogens with zero attached hydrogens (tertiary/aromatic N) is 2. The van der Waals surface area contributed by atoms with Gasteiger partial charge in [0.15, 0.2) is 0 Å². The number of aryl methyl sites for hydroxylation is 1. The predicted molar refractivity (Wildman–Crippen MR) is 80.8 cm³/mol. The van der Waals surface area contributed by atoms with Crippen molar-refractivity contribution in [2.45, 2.75) is 19.3 Å². The van der Waals surface area contributed by atoms with Crippen molar-refractivity contribution in [3.8, 4) is 17.2 Å². The van der Waals surface area contributed by atoms with Gasteiger partial charge in [-0.25, -0.2) is 4.98 Å². The van der Waals surface area contributed by atoms with E-state index in [1.807, 2.05) is 6.07 Å². The summed E-state index contributed by atoms with van der Waals surface area (Å²) in [5.74, 6) is 0.272. The van der Waals surface area contributed by atoms with Crippen molar-refractivity contribution in [3.63, 3.8) is 0 Å². The molecule has 1 aliphatic rings. The summed E-state index contributed by atoms with van der Waals surface area (Å²) in [6.07, 6.45) is 2.81. The maximum Gasteiger partial charge on any atom is 0.142 e. The van der Waals surface area contributed by atoms with Crippen LogP contribution in [0.3, 0.4) is 0 Å². The summed E-state index contributed by atoms with van der Waals surface area (Å²) in [7, 11) is 0. The van der Waals surface area contributed by atoms with Crippen LogP contribution in [0.2, 0.25) is 10.0 Å². The van der Waals surface area contributed by atoms with E-state index in [0.717, 1.165) is 41.6 Å². The first-order valence-corrected chi connectivity index (χ1v) is 7.04. The van der Waals surface area contributed by atoms with Gasteiger partial charge in [0.2, 0.25) is 0 Å². The van der Waals surface area contributed by atoms with Crippen molar-refractivity contribution in [3.05, 3.63) is 45.1 Å². The Labute approximate surface area is 127 Å². The molecule has 0 radical (unpaired) electrons. The Kier molecular flexibility index (Phi) is 3.29. The topological polar surface area (TPSA) is 62.7 Å². The minimum Gasteiger partial charge on any atom is -0.383 e. The van der Waals surface area contributed by atoms with E-state index in [1.54, 1.807) is 12.1 Å². The van der Waals surface area contributed by atoms with Crippen LogP contribution in [0.5, 0.6) is 0 Å². The number of rotatable bonds is 1. The summed E-state index contributed by atoms with van der Waals surface area (Å²) < 4.78 is 0. The van der Waals surface area contributed by atoms with Crippen LogP contribution in [0.1, 0.15) is 23.2 Å². The number of nitrogens with two attached hydrogens (primary N) is 1. The molecule has 3 nitrogen and oxygen atoms in total. The molecule has 0 unspecified atom stereocenters.